The summed E-state index contributed by atoms with van der Waals surface area (Å²) in [6.07, 6.45) is -1.91. The SMILES string of the molecule is Fc1ccc(N2Cc3ccnc(-c4ccc(F)cc4OCC(F)(F)F)c3C2)nc1. The predicted molar refractivity (Wildman–Crippen MR) is 95.3 cm³/mol. The molecule has 0 radical (unpaired) electrons. The second kappa shape index (κ2) is 7.31. The molecule has 0 saturated carbocycles. The van der Waals surface area contributed by atoms with Gasteiger partial charge in [0.15, 0.2) is 6.61 Å². The minimum absolute atomic E-state index is 0.235. The van der Waals surface area contributed by atoms with E-state index in [2.05, 4.69) is 9.97 Å². The van der Waals surface area contributed by atoms with E-state index in [1.807, 2.05) is 4.90 Å². The average Bonchev–Trinajstić information content (AvgIpc) is 3.11. The molecule has 0 N–H and O–H groups in total. The number of pyridine rings is 2. The van der Waals surface area contributed by atoms with Crippen LogP contribution in [-0.2, 0) is 13.1 Å². The molecule has 1 aliphatic heterocycles. The molecule has 1 aromatic carbocycles. The Morgan fingerprint density at radius 3 is 2.48 bits per heavy atom. The van der Waals surface area contributed by atoms with E-state index in [1.54, 1.807) is 12.1 Å². The standard InChI is InChI=1S/C20H14F5N3O/c21-13-1-3-15(17(7-13)29-11-20(23,24)25)19-16-10-28(9-12(16)5-6-26-19)18-4-2-14(22)8-27-18/h1-8H,9-11H2. The molecule has 4 rings (SSSR count). The van der Waals surface area contributed by atoms with Crippen LogP contribution in [0, 0.1) is 11.6 Å². The summed E-state index contributed by atoms with van der Waals surface area (Å²) in [6, 6.07) is 8.05. The van der Waals surface area contributed by atoms with Crippen molar-refractivity contribution < 1.29 is 26.7 Å². The summed E-state index contributed by atoms with van der Waals surface area (Å²) in [5.41, 5.74) is 2.33. The third kappa shape index (κ3) is 4.13. The third-order valence-electron chi connectivity index (χ3n) is 4.49. The van der Waals surface area contributed by atoms with E-state index in [0.717, 1.165) is 29.5 Å². The van der Waals surface area contributed by atoms with Crippen molar-refractivity contribution in [2.45, 2.75) is 19.3 Å². The van der Waals surface area contributed by atoms with Gasteiger partial charge in [-0.3, -0.25) is 4.98 Å². The van der Waals surface area contributed by atoms with Crippen molar-refractivity contribution in [2.75, 3.05) is 11.5 Å². The average molecular weight is 407 g/mol. The van der Waals surface area contributed by atoms with Crippen molar-refractivity contribution in [3.05, 3.63) is 71.6 Å². The highest BCUT2D eigenvalue weighted by atomic mass is 19.4. The molecule has 4 nitrogen and oxygen atoms in total. The zero-order valence-electron chi connectivity index (χ0n) is 14.9. The smallest absolute Gasteiger partial charge is 0.422 e. The molecule has 3 aromatic rings. The zero-order chi connectivity index (χ0) is 20.6. The van der Waals surface area contributed by atoms with Crippen LogP contribution in [-0.4, -0.2) is 22.8 Å². The van der Waals surface area contributed by atoms with E-state index in [4.69, 9.17) is 4.74 Å². The number of hydrogen-bond acceptors (Lipinski definition) is 4. The van der Waals surface area contributed by atoms with Gasteiger partial charge in [0.05, 0.1) is 11.9 Å². The van der Waals surface area contributed by atoms with Gasteiger partial charge in [0, 0.05) is 36.5 Å². The maximum absolute atomic E-state index is 13.6. The lowest BCUT2D eigenvalue weighted by molar-refractivity contribution is -0.153. The van der Waals surface area contributed by atoms with Gasteiger partial charge in [-0.2, -0.15) is 13.2 Å². The van der Waals surface area contributed by atoms with Gasteiger partial charge in [0.25, 0.3) is 0 Å². The molecule has 0 atom stereocenters. The first-order valence-corrected chi connectivity index (χ1v) is 8.63. The van der Waals surface area contributed by atoms with Gasteiger partial charge >= 0.3 is 6.18 Å². The fraction of sp³-hybridized carbons (Fsp3) is 0.200. The van der Waals surface area contributed by atoms with Crippen molar-refractivity contribution in [2.24, 2.45) is 0 Å². The van der Waals surface area contributed by atoms with Crippen LogP contribution in [0.5, 0.6) is 5.75 Å². The van der Waals surface area contributed by atoms with Gasteiger partial charge in [0.1, 0.15) is 23.2 Å². The molecule has 1 aliphatic rings. The lowest BCUT2D eigenvalue weighted by Crippen LogP contribution is -2.19. The number of alkyl halides is 3. The summed E-state index contributed by atoms with van der Waals surface area (Å²) < 4.78 is 69.4. The zero-order valence-corrected chi connectivity index (χ0v) is 14.9. The van der Waals surface area contributed by atoms with Crippen LogP contribution in [0.2, 0.25) is 0 Å². The molecule has 0 saturated heterocycles. The first-order chi connectivity index (χ1) is 13.8. The fourth-order valence-corrected chi connectivity index (χ4v) is 3.23. The molecule has 3 heterocycles. The van der Waals surface area contributed by atoms with Gasteiger partial charge in [0.2, 0.25) is 0 Å². The predicted octanol–water partition coefficient (Wildman–Crippen LogP) is 4.88. The van der Waals surface area contributed by atoms with Gasteiger partial charge in [-0.15, -0.1) is 0 Å². The Hall–Kier alpha value is -3.23. The summed E-state index contributed by atoms with van der Waals surface area (Å²) >= 11 is 0. The Balaban J connectivity index is 1.69. The molecule has 0 fully saturated rings. The number of nitrogens with zero attached hydrogens (tertiary/aromatic N) is 3. The number of hydrogen-bond donors (Lipinski definition) is 0. The molecule has 0 unspecified atom stereocenters. The first-order valence-electron chi connectivity index (χ1n) is 8.63. The Labute approximate surface area is 162 Å². The highest BCUT2D eigenvalue weighted by molar-refractivity contribution is 5.72. The molecule has 0 amide bonds. The van der Waals surface area contributed by atoms with Crippen molar-refractivity contribution >= 4 is 5.82 Å². The lowest BCUT2D eigenvalue weighted by Gasteiger charge is -2.17. The number of rotatable bonds is 4. The number of aromatic nitrogens is 2. The molecular formula is C20H14F5N3O. The van der Waals surface area contributed by atoms with E-state index >= 15 is 0 Å². The first kappa shape index (κ1) is 19.1. The van der Waals surface area contributed by atoms with Crippen molar-refractivity contribution in [3.63, 3.8) is 0 Å². The lowest BCUT2D eigenvalue weighted by atomic mass is 10.0. The second-order valence-electron chi connectivity index (χ2n) is 6.53. The minimum Gasteiger partial charge on any atom is -0.483 e. The Morgan fingerprint density at radius 2 is 1.76 bits per heavy atom. The number of fused-ring (bicyclic) bond motifs is 1. The van der Waals surface area contributed by atoms with Gasteiger partial charge < -0.3 is 9.64 Å². The van der Waals surface area contributed by atoms with Crippen LogP contribution >= 0.6 is 0 Å². The molecule has 150 valence electrons. The van der Waals surface area contributed by atoms with Crippen LogP contribution < -0.4 is 9.64 Å². The number of halogens is 5. The monoisotopic (exact) mass is 407 g/mol. The quantitative estimate of drug-likeness (QED) is 0.578. The summed E-state index contributed by atoms with van der Waals surface area (Å²) in [5.74, 6) is -0.844. The van der Waals surface area contributed by atoms with E-state index in [-0.39, 0.29) is 11.3 Å². The van der Waals surface area contributed by atoms with Crippen LogP contribution in [0.25, 0.3) is 11.3 Å². The van der Waals surface area contributed by atoms with Crippen molar-refractivity contribution in [1.29, 1.82) is 0 Å². The second-order valence-corrected chi connectivity index (χ2v) is 6.53. The topological polar surface area (TPSA) is 38.2 Å². The highest BCUT2D eigenvalue weighted by Gasteiger charge is 2.30. The van der Waals surface area contributed by atoms with E-state index < -0.39 is 24.4 Å². The normalized spacial score (nSPS) is 13.5. The van der Waals surface area contributed by atoms with Crippen molar-refractivity contribution in [3.8, 4) is 17.0 Å². The Morgan fingerprint density at radius 1 is 0.966 bits per heavy atom. The fourth-order valence-electron chi connectivity index (χ4n) is 3.23. The number of anilines is 1. The molecule has 0 aliphatic carbocycles. The molecular weight excluding hydrogens is 393 g/mol. The maximum atomic E-state index is 13.6. The molecule has 29 heavy (non-hydrogen) atoms. The minimum atomic E-state index is -4.55. The molecule has 0 bridgehead atoms. The van der Waals surface area contributed by atoms with Crippen LogP contribution in [0.3, 0.4) is 0 Å². The summed E-state index contributed by atoms with van der Waals surface area (Å²) in [6.45, 7) is -0.694. The molecule has 9 heteroatoms. The van der Waals surface area contributed by atoms with E-state index in [9.17, 15) is 22.0 Å². The number of ether oxygens (including phenoxy) is 1. The number of benzene rings is 1. The van der Waals surface area contributed by atoms with Crippen LogP contribution in [0.15, 0.2) is 48.8 Å². The summed E-state index contributed by atoms with van der Waals surface area (Å²) in [4.78, 5) is 10.3. The van der Waals surface area contributed by atoms with Crippen LogP contribution in [0.4, 0.5) is 27.8 Å². The largest absolute Gasteiger partial charge is 0.483 e. The highest BCUT2D eigenvalue weighted by Crippen LogP contribution is 2.37. The van der Waals surface area contributed by atoms with Crippen molar-refractivity contribution in [1.82, 2.24) is 9.97 Å². The van der Waals surface area contributed by atoms with Gasteiger partial charge in [-0.1, -0.05) is 0 Å². The van der Waals surface area contributed by atoms with Gasteiger partial charge in [-0.25, -0.2) is 13.8 Å². The molecule has 2 aromatic heterocycles. The van der Waals surface area contributed by atoms with E-state index in [1.165, 1.54) is 18.3 Å². The summed E-state index contributed by atoms with van der Waals surface area (Å²) in [7, 11) is 0. The van der Waals surface area contributed by atoms with Gasteiger partial charge in [-0.05, 0) is 35.9 Å². The summed E-state index contributed by atoms with van der Waals surface area (Å²) in [5, 5.41) is 0. The Bertz CT molecular complexity index is 1040. The van der Waals surface area contributed by atoms with E-state index in [0.29, 0.717) is 24.6 Å². The Kier molecular flexibility index (Phi) is 4.81. The third-order valence-corrected chi connectivity index (χ3v) is 4.49. The maximum Gasteiger partial charge on any atom is 0.422 e. The van der Waals surface area contributed by atoms with Crippen LogP contribution in [0.1, 0.15) is 11.1 Å². The molecule has 0 spiro atoms.